The van der Waals surface area contributed by atoms with Crippen LogP contribution in [0.2, 0.25) is 0 Å². The van der Waals surface area contributed by atoms with E-state index in [0.717, 1.165) is 28.7 Å². The molecule has 0 aliphatic rings. The maximum Gasteiger partial charge on any atom is 0.169 e. The molecule has 3 rings (SSSR count). The first-order chi connectivity index (χ1) is 11.2. The molecule has 1 aromatic heterocycles. The van der Waals surface area contributed by atoms with E-state index in [2.05, 4.69) is 61.7 Å². The summed E-state index contributed by atoms with van der Waals surface area (Å²) in [6.07, 6.45) is 0. The fraction of sp³-hybridized carbons (Fsp3) is 0.316. The highest BCUT2D eigenvalue weighted by molar-refractivity contribution is 7.99. The number of nitrogens with zero attached hydrogens (tertiary/aromatic N) is 2. The van der Waals surface area contributed by atoms with Crippen molar-refractivity contribution in [1.29, 1.82) is 0 Å². The minimum atomic E-state index is 0.682. The van der Waals surface area contributed by atoms with Crippen LogP contribution in [0.3, 0.4) is 0 Å². The average Bonchev–Trinajstić information content (AvgIpc) is 2.90. The van der Waals surface area contributed by atoms with Gasteiger partial charge in [0.2, 0.25) is 0 Å². The van der Waals surface area contributed by atoms with Gasteiger partial charge in [0.15, 0.2) is 5.16 Å². The first-order valence-electron chi connectivity index (χ1n) is 7.97. The Morgan fingerprint density at radius 2 is 1.96 bits per heavy atom. The molecule has 0 fully saturated rings. The Morgan fingerprint density at radius 1 is 1.13 bits per heavy atom. The second-order valence-electron chi connectivity index (χ2n) is 5.59. The molecule has 0 bridgehead atoms. The number of hydrogen-bond donors (Lipinski definition) is 0. The Morgan fingerprint density at radius 3 is 2.74 bits per heavy atom. The molecule has 0 saturated carbocycles. The molecular formula is C19H22N2OS. The van der Waals surface area contributed by atoms with E-state index in [4.69, 9.17) is 9.72 Å². The molecule has 0 atom stereocenters. The van der Waals surface area contributed by atoms with Crippen molar-refractivity contribution in [2.24, 2.45) is 0 Å². The van der Waals surface area contributed by atoms with E-state index in [0.29, 0.717) is 6.61 Å². The molecule has 0 spiro atoms. The first kappa shape index (κ1) is 15.9. The highest BCUT2D eigenvalue weighted by atomic mass is 32.2. The lowest BCUT2D eigenvalue weighted by molar-refractivity contribution is 0.341. The molecule has 120 valence electrons. The number of benzene rings is 2. The van der Waals surface area contributed by atoms with Crippen molar-refractivity contribution in [2.75, 3.05) is 12.4 Å². The van der Waals surface area contributed by atoms with Crippen molar-refractivity contribution in [3.8, 4) is 5.75 Å². The quantitative estimate of drug-likeness (QED) is 0.479. The van der Waals surface area contributed by atoms with Gasteiger partial charge < -0.3 is 9.30 Å². The van der Waals surface area contributed by atoms with Gasteiger partial charge in [-0.05, 0) is 44.5 Å². The largest absolute Gasteiger partial charge is 0.492 e. The lowest BCUT2D eigenvalue weighted by atomic mass is 10.1. The van der Waals surface area contributed by atoms with Crippen LogP contribution in [0, 0.1) is 13.8 Å². The van der Waals surface area contributed by atoms with E-state index in [-0.39, 0.29) is 0 Å². The second kappa shape index (κ2) is 7.09. The Kier molecular flexibility index (Phi) is 4.91. The van der Waals surface area contributed by atoms with Gasteiger partial charge in [0, 0.05) is 12.3 Å². The van der Waals surface area contributed by atoms with Gasteiger partial charge in [-0.2, -0.15) is 0 Å². The van der Waals surface area contributed by atoms with E-state index in [9.17, 15) is 0 Å². The van der Waals surface area contributed by atoms with E-state index in [1.165, 1.54) is 16.6 Å². The molecule has 3 nitrogen and oxygen atoms in total. The predicted octanol–water partition coefficient (Wildman–Crippen LogP) is 4.84. The van der Waals surface area contributed by atoms with Crippen molar-refractivity contribution < 1.29 is 4.74 Å². The van der Waals surface area contributed by atoms with Crippen LogP contribution >= 0.6 is 11.8 Å². The van der Waals surface area contributed by atoms with E-state index in [1.54, 1.807) is 11.8 Å². The molecule has 0 aliphatic carbocycles. The topological polar surface area (TPSA) is 27.1 Å². The molecule has 1 heterocycles. The number of para-hydroxylation sites is 2. The number of aryl methyl sites for hydroxylation is 3. The molecule has 0 saturated heterocycles. The molecular weight excluding hydrogens is 304 g/mol. The third-order valence-corrected chi connectivity index (χ3v) is 4.78. The average molecular weight is 326 g/mol. The van der Waals surface area contributed by atoms with Gasteiger partial charge in [0.1, 0.15) is 5.75 Å². The zero-order chi connectivity index (χ0) is 16.2. The second-order valence-corrected chi connectivity index (χ2v) is 6.66. The summed E-state index contributed by atoms with van der Waals surface area (Å²) < 4.78 is 8.16. The molecule has 4 heteroatoms. The van der Waals surface area contributed by atoms with Gasteiger partial charge in [0.05, 0.1) is 17.6 Å². The molecule has 2 aromatic carbocycles. The SMILES string of the molecule is CCn1c(SCCOc2ccc(C)cc2C)nc2ccccc21. The van der Waals surface area contributed by atoms with E-state index < -0.39 is 0 Å². The fourth-order valence-electron chi connectivity index (χ4n) is 2.72. The number of fused-ring (bicyclic) bond motifs is 1. The summed E-state index contributed by atoms with van der Waals surface area (Å²) in [4.78, 5) is 4.73. The lowest BCUT2D eigenvalue weighted by Gasteiger charge is -2.10. The van der Waals surface area contributed by atoms with Crippen LogP contribution in [0.25, 0.3) is 11.0 Å². The Hall–Kier alpha value is -1.94. The van der Waals surface area contributed by atoms with Crippen LogP contribution in [0.1, 0.15) is 18.1 Å². The number of aromatic nitrogens is 2. The predicted molar refractivity (Wildman–Crippen MR) is 97.5 cm³/mol. The molecule has 0 N–H and O–H groups in total. The highest BCUT2D eigenvalue weighted by Gasteiger charge is 2.09. The van der Waals surface area contributed by atoms with Crippen LogP contribution in [0.15, 0.2) is 47.6 Å². The van der Waals surface area contributed by atoms with Gasteiger partial charge >= 0.3 is 0 Å². The van der Waals surface area contributed by atoms with Gasteiger partial charge in [-0.15, -0.1) is 0 Å². The summed E-state index contributed by atoms with van der Waals surface area (Å²) in [5.41, 5.74) is 4.72. The summed E-state index contributed by atoms with van der Waals surface area (Å²) in [5, 5.41) is 1.07. The zero-order valence-electron chi connectivity index (χ0n) is 13.9. The number of ether oxygens (including phenoxy) is 1. The van der Waals surface area contributed by atoms with Crippen molar-refractivity contribution in [3.63, 3.8) is 0 Å². The Labute approximate surface area is 141 Å². The summed E-state index contributed by atoms with van der Waals surface area (Å²) >= 11 is 1.75. The lowest BCUT2D eigenvalue weighted by Crippen LogP contribution is -2.03. The fourth-order valence-corrected chi connectivity index (χ4v) is 3.61. The molecule has 0 radical (unpaired) electrons. The van der Waals surface area contributed by atoms with Gasteiger partial charge in [-0.3, -0.25) is 0 Å². The van der Waals surface area contributed by atoms with Gasteiger partial charge in [-0.25, -0.2) is 4.98 Å². The van der Waals surface area contributed by atoms with Gasteiger partial charge in [-0.1, -0.05) is 41.6 Å². The van der Waals surface area contributed by atoms with Gasteiger partial charge in [0.25, 0.3) is 0 Å². The van der Waals surface area contributed by atoms with Crippen molar-refractivity contribution >= 4 is 22.8 Å². The molecule has 0 amide bonds. The van der Waals surface area contributed by atoms with Crippen LogP contribution in [-0.4, -0.2) is 21.9 Å². The van der Waals surface area contributed by atoms with Crippen molar-refractivity contribution in [3.05, 3.63) is 53.6 Å². The summed E-state index contributed by atoms with van der Waals surface area (Å²) in [6.45, 7) is 7.96. The zero-order valence-corrected chi connectivity index (χ0v) is 14.7. The van der Waals surface area contributed by atoms with Crippen LogP contribution in [0.5, 0.6) is 5.75 Å². The minimum Gasteiger partial charge on any atom is -0.492 e. The van der Waals surface area contributed by atoms with Crippen LogP contribution in [-0.2, 0) is 6.54 Å². The number of hydrogen-bond acceptors (Lipinski definition) is 3. The maximum absolute atomic E-state index is 5.90. The molecule has 0 unspecified atom stereocenters. The monoisotopic (exact) mass is 326 g/mol. The highest BCUT2D eigenvalue weighted by Crippen LogP contribution is 2.24. The number of thioether (sulfide) groups is 1. The van der Waals surface area contributed by atoms with Crippen molar-refractivity contribution in [1.82, 2.24) is 9.55 Å². The summed E-state index contributed by atoms with van der Waals surface area (Å²) in [6, 6.07) is 14.6. The van der Waals surface area contributed by atoms with Crippen molar-refractivity contribution in [2.45, 2.75) is 32.5 Å². The number of rotatable bonds is 6. The number of imidazole rings is 1. The Balaban J connectivity index is 1.62. The summed E-state index contributed by atoms with van der Waals surface area (Å²) in [5.74, 6) is 1.86. The Bertz CT molecular complexity index is 810. The third-order valence-electron chi connectivity index (χ3n) is 3.84. The minimum absolute atomic E-state index is 0.682. The molecule has 0 aliphatic heterocycles. The maximum atomic E-state index is 5.90. The molecule has 23 heavy (non-hydrogen) atoms. The summed E-state index contributed by atoms with van der Waals surface area (Å²) in [7, 11) is 0. The van der Waals surface area contributed by atoms with Crippen LogP contribution < -0.4 is 4.74 Å². The van der Waals surface area contributed by atoms with E-state index >= 15 is 0 Å². The molecule has 3 aromatic rings. The normalized spacial score (nSPS) is 11.1. The smallest absolute Gasteiger partial charge is 0.169 e. The van der Waals surface area contributed by atoms with Crippen LogP contribution in [0.4, 0.5) is 0 Å². The standard InChI is InChI=1S/C19H22N2OS/c1-4-21-17-8-6-5-7-16(17)20-19(21)23-12-11-22-18-10-9-14(2)13-15(18)3/h5-10,13H,4,11-12H2,1-3H3. The third kappa shape index (κ3) is 3.53. The van der Waals surface area contributed by atoms with E-state index in [1.807, 2.05) is 6.07 Å². The first-order valence-corrected chi connectivity index (χ1v) is 8.95.